The van der Waals surface area contributed by atoms with Crippen LogP contribution in [0.4, 0.5) is 0 Å². The van der Waals surface area contributed by atoms with Gasteiger partial charge in [-0.2, -0.15) is 0 Å². The van der Waals surface area contributed by atoms with Gasteiger partial charge in [-0.1, -0.05) is 45.1 Å². The van der Waals surface area contributed by atoms with Crippen LogP contribution in [-0.4, -0.2) is 23.8 Å². The van der Waals surface area contributed by atoms with E-state index in [9.17, 15) is 4.79 Å². The summed E-state index contributed by atoms with van der Waals surface area (Å²) in [6.45, 7) is 7.54. The molecule has 0 spiro atoms. The van der Waals surface area contributed by atoms with Crippen LogP contribution in [0.1, 0.15) is 65.2 Å². The second-order valence-electron chi connectivity index (χ2n) is 5.03. The van der Waals surface area contributed by atoms with E-state index in [1.807, 2.05) is 6.92 Å². The van der Waals surface area contributed by atoms with Crippen molar-refractivity contribution in [1.29, 1.82) is 0 Å². The van der Waals surface area contributed by atoms with Gasteiger partial charge < -0.3 is 9.84 Å². The molecule has 0 aromatic carbocycles. The first-order chi connectivity index (χ1) is 8.54. The van der Waals surface area contributed by atoms with Crippen molar-refractivity contribution in [2.24, 2.45) is 0 Å². The number of unbranched alkanes of at least 4 members (excludes halogenated alkanes) is 6. The Morgan fingerprint density at radius 1 is 1.11 bits per heavy atom. The zero-order chi connectivity index (χ0) is 13.8. The summed E-state index contributed by atoms with van der Waals surface area (Å²) in [6, 6.07) is 0. The summed E-state index contributed by atoms with van der Waals surface area (Å²) >= 11 is 0. The fourth-order valence-electron chi connectivity index (χ4n) is 1.71. The van der Waals surface area contributed by atoms with Crippen LogP contribution in [0, 0.1) is 0 Å². The maximum absolute atomic E-state index is 11.1. The first kappa shape index (κ1) is 17.2. The lowest BCUT2D eigenvalue weighted by molar-refractivity contribution is -0.139. The molecule has 0 radical (unpaired) electrons. The van der Waals surface area contributed by atoms with Gasteiger partial charge in [0.1, 0.15) is 0 Å². The molecule has 1 unspecified atom stereocenters. The highest BCUT2D eigenvalue weighted by molar-refractivity contribution is 5.86. The number of rotatable bonds is 11. The largest absolute Gasteiger partial charge is 0.462 e. The Balaban J connectivity index is 3.12. The highest BCUT2D eigenvalue weighted by Crippen LogP contribution is 2.09. The molecule has 0 aliphatic rings. The summed E-state index contributed by atoms with van der Waals surface area (Å²) in [5.41, 5.74) is 0.466. The molecule has 0 heterocycles. The molecule has 1 N–H and O–H groups in total. The molecular formula is C15H28O3. The van der Waals surface area contributed by atoms with E-state index in [0.29, 0.717) is 12.2 Å². The van der Waals surface area contributed by atoms with Gasteiger partial charge in [0.15, 0.2) is 0 Å². The smallest absolute Gasteiger partial charge is 0.333 e. The van der Waals surface area contributed by atoms with Crippen LogP contribution in [0.3, 0.4) is 0 Å². The number of carbonyl (C=O) groups is 1. The van der Waals surface area contributed by atoms with Crippen LogP contribution in [0.25, 0.3) is 0 Å². The summed E-state index contributed by atoms with van der Waals surface area (Å²) in [7, 11) is 0. The normalized spacial score (nSPS) is 12.2. The average Bonchev–Trinajstić information content (AvgIpc) is 2.30. The van der Waals surface area contributed by atoms with E-state index in [-0.39, 0.29) is 12.1 Å². The second-order valence-corrected chi connectivity index (χ2v) is 5.03. The van der Waals surface area contributed by atoms with E-state index in [0.717, 1.165) is 25.7 Å². The zero-order valence-corrected chi connectivity index (χ0v) is 11.9. The SMILES string of the molecule is C=C(C)C(=O)OCCCCCCCCCC(C)O. The fourth-order valence-corrected chi connectivity index (χ4v) is 1.71. The Morgan fingerprint density at radius 3 is 2.11 bits per heavy atom. The van der Waals surface area contributed by atoms with Crippen LogP contribution in [0.15, 0.2) is 12.2 Å². The minimum absolute atomic E-state index is 0.159. The van der Waals surface area contributed by atoms with Gasteiger partial charge in [0, 0.05) is 5.57 Å². The fraction of sp³-hybridized carbons (Fsp3) is 0.800. The molecule has 0 saturated heterocycles. The molecule has 3 nitrogen and oxygen atoms in total. The molecule has 3 heteroatoms. The highest BCUT2D eigenvalue weighted by Gasteiger charge is 2.01. The molecule has 0 rings (SSSR count). The lowest BCUT2D eigenvalue weighted by atomic mass is 10.1. The minimum atomic E-state index is -0.284. The number of ether oxygens (including phenoxy) is 1. The molecule has 0 bridgehead atoms. The van der Waals surface area contributed by atoms with Gasteiger partial charge in [-0.3, -0.25) is 0 Å². The Bertz CT molecular complexity index is 234. The third kappa shape index (κ3) is 11.6. The lowest BCUT2D eigenvalue weighted by Crippen LogP contribution is -2.05. The van der Waals surface area contributed by atoms with E-state index >= 15 is 0 Å². The third-order valence-corrected chi connectivity index (χ3v) is 2.85. The molecule has 1 atom stereocenters. The summed E-state index contributed by atoms with van der Waals surface area (Å²) in [4.78, 5) is 11.1. The quantitative estimate of drug-likeness (QED) is 0.349. The third-order valence-electron chi connectivity index (χ3n) is 2.85. The van der Waals surface area contributed by atoms with Gasteiger partial charge in [0.05, 0.1) is 12.7 Å². The van der Waals surface area contributed by atoms with E-state index in [4.69, 9.17) is 9.84 Å². The van der Waals surface area contributed by atoms with Crippen LogP contribution >= 0.6 is 0 Å². The number of esters is 1. The van der Waals surface area contributed by atoms with Gasteiger partial charge in [-0.05, 0) is 26.7 Å². The number of carbonyl (C=O) groups excluding carboxylic acids is 1. The first-order valence-electron chi connectivity index (χ1n) is 7.04. The van der Waals surface area contributed by atoms with E-state index in [1.165, 1.54) is 25.7 Å². The van der Waals surface area contributed by atoms with Gasteiger partial charge in [-0.25, -0.2) is 4.79 Å². The zero-order valence-electron chi connectivity index (χ0n) is 11.9. The predicted octanol–water partition coefficient (Wildman–Crippen LogP) is 3.61. The molecule has 106 valence electrons. The van der Waals surface area contributed by atoms with Gasteiger partial charge in [-0.15, -0.1) is 0 Å². The molecule has 0 amide bonds. The summed E-state index contributed by atoms with van der Waals surface area (Å²) in [5, 5.41) is 9.09. The minimum Gasteiger partial charge on any atom is -0.462 e. The van der Waals surface area contributed by atoms with E-state index < -0.39 is 0 Å². The van der Waals surface area contributed by atoms with E-state index in [2.05, 4.69) is 6.58 Å². The van der Waals surface area contributed by atoms with Crippen molar-refractivity contribution in [3.05, 3.63) is 12.2 Å². The molecular weight excluding hydrogens is 228 g/mol. The molecule has 0 aromatic heterocycles. The Hall–Kier alpha value is -0.830. The topological polar surface area (TPSA) is 46.5 Å². The molecule has 0 fully saturated rings. The average molecular weight is 256 g/mol. The first-order valence-corrected chi connectivity index (χ1v) is 7.04. The van der Waals surface area contributed by atoms with Crippen molar-refractivity contribution in [2.75, 3.05) is 6.61 Å². The van der Waals surface area contributed by atoms with Crippen molar-refractivity contribution in [2.45, 2.75) is 71.3 Å². The maximum Gasteiger partial charge on any atom is 0.333 e. The van der Waals surface area contributed by atoms with Gasteiger partial charge >= 0.3 is 5.97 Å². The van der Waals surface area contributed by atoms with Crippen LogP contribution in [0.2, 0.25) is 0 Å². The monoisotopic (exact) mass is 256 g/mol. The van der Waals surface area contributed by atoms with E-state index in [1.54, 1.807) is 6.92 Å². The lowest BCUT2D eigenvalue weighted by Gasteiger charge is -2.05. The summed E-state index contributed by atoms with van der Waals surface area (Å²) in [5.74, 6) is -0.284. The van der Waals surface area contributed by atoms with Gasteiger partial charge in [0.2, 0.25) is 0 Å². The Kier molecular flexibility index (Phi) is 10.8. The summed E-state index contributed by atoms with van der Waals surface area (Å²) < 4.78 is 5.01. The number of hydrogen-bond donors (Lipinski definition) is 1. The van der Waals surface area contributed by atoms with Crippen molar-refractivity contribution in [3.8, 4) is 0 Å². The summed E-state index contributed by atoms with van der Waals surface area (Å²) in [6.07, 6.45) is 8.78. The maximum atomic E-state index is 11.1. The molecule has 0 aromatic rings. The standard InChI is InChI=1S/C15H28O3/c1-13(2)15(17)18-12-10-8-6-4-5-7-9-11-14(3)16/h14,16H,1,4-12H2,2-3H3. The molecule has 0 aliphatic carbocycles. The predicted molar refractivity (Wildman–Crippen MR) is 74.4 cm³/mol. The second kappa shape index (κ2) is 11.3. The Labute approximate surface area is 111 Å². The molecule has 18 heavy (non-hydrogen) atoms. The number of aliphatic hydroxyl groups excluding tert-OH is 1. The Morgan fingerprint density at radius 2 is 1.61 bits per heavy atom. The van der Waals surface area contributed by atoms with Crippen LogP contribution in [-0.2, 0) is 9.53 Å². The van der Waals surface area contributed by atoms with Crippen molar-refractivity contribution in [3.63, 3.8) is 0 Å². The van der Waals surface area contributed by atoms with Crippen molar-refractivity contribution < 1.29 is 14.6 Å². The van der Waals surface area contributed by atoms with Gasteiger partial charge in [0.25, 0.3) is 0 Å². The highest BCUT2D eigenvalue weighted by atomic mass is 16.5. The van der Waals surface area contributed by atoms with Crippen molar-refractivity contribution >= 4 is 5.97 Å². The molecule has 0 aliphatic heterocycles. The number of hydrogen-bond acceptors (Lipinski definition) is 3. The van der Waals surface area contributed by atoms with Crippen LogP contribution < -0.4 is 0 Å². The molecule has 0 saturated carbocycles. The number of aliphatic hydroxyl groups is 1. The van der Waals surface area contributed by atoms with Crippen LogP contribution in [0.5, 0.6) is 0 Å². The van der Waals surface area contributed by atoms with Crippen molar-refractivity contribution in [1.82, 2.24) is 0 Å².